The number of hydrogen-bond acceptors (Lipinski definition) is 9. The van der Waals surface area contributed by atoms with E-state index in [0.29, 0.717) is 34.4 Å². The molecule has 1 aromatic heterocycles. The Labute approximate surface area is 196 Å². The summed E-state index contributed by atoms with van der Waals surface area (Å²) in [6.07, 6.45) is 1.15. The van der Waals surface area contributed by atoms with Gasteiger partial charge in [-0.05, 0) is 36.4 Å². The lowest BCUT2D eigenvalue weighted by Crippen LogP contribution is -2.03. The van der Waals surface area contributed by atoms with E-state index >= 15 is 0 Å². The number of methoxy groups -OCH3 is 4. The molecule has 0 aliphatic rings. The van der Waals surface area contributed by atoms with Crippen LogP contribution in [-0.4, -0.2) is 55.6 Å². The molecule has 0 aliphatic heterocycles. The van der Waals surface area contributed by atoms with Crippen LogP contribution in [0, 0.1) is 0 Å². The molecular weight excluding hydrogens is 446 g/mol. The Morgan fingerprint density at radius 2 is 1.12 bits per heavy atom. The summed E-state index contributed by atoms with van der Waals surface area (Å²) in [7, 11) is 6.34. The Balaban J connectivity index is 0.000000255. The summed E-state index contributed by atoms with van der Waals surface area (Å²) >= 11 is 0. The van der Waals surface area contributed by atoms with Crippen LogP contribution in [0.4, 0.5) is 11.4 Å². The van der Waals surface area contributed by atoms with Gasteiger partial charge < -0.3 is 40.6 Å². The van der Waals surface area contributed by atoms with Crippen LogP contribution in [-0.2, 0) is 0 Å². The molecule has 0 saturated carbocycles. The lowest BCUT2D eigenvalue weighted by Gasteiger charge is -2.06. The molecule has 0 atom stereocenters. The smallest absolute Gasteiger partial charge is 0.354 e. The lowest BCUT2D eigenvalue weighted by atomic mass is 10.2. The van der Waals surface area contributed by atoms with Crippen molar-refractivity contribution < 1.29 is 38.7 Å². The van der Waals surface area contributed by atoms with E-state index in [0.717, 1.165) is 12.3 Å². The highest BCUT2D eigenvalue weighted by molar-refractivity contribution is 5.92. The number of nitrogens with zero attached hydrogens (tertiary/aromatic N) is 1. The normalized spacial score (nSPS) is 9.29. The van der Waals surface area contributed by atoms with E-state index in [1.54, 1.807) is 64.8 Å². The van der Waals surface area contributed by atoms with Gasteiger partial charge in [0, 0.05) is 29.7 Å². The van der Waals surface area contributed by atoms with Gasteiger partial charge in [-0.2, -0.15) is 0 Å². The third-order valence-electron chi connectivity index (χ3n) is 4.04. The maximum Gasteiger partial charge on any atom is 0.354 e. The van der Waals surface area contributed by atoms with Crippen LogP contribution < -0.4 is 30.4 Å². The van der Waals surface area contributed by atoms with E-state index in [1.165, 1.54) is 6.07 Å². The van der Waals surface area contributed by atoms with Crippen molar-refractivity contribution in [3.8, 4) is 23.0 Å². The molecule has 0 fully saturated rings. The van der Waals surface area contributed by atoms with E-state index in [-0.39, 0.29) is 11.3 Å². The standard InChI is InChI=1S/2C8H11NO2.C7H5NO4/c2*1-10-7-4-3-6(9)5-8(7)11-2;9-6(10)4-1-2-8-5(3-4)7(11)12/h2*3-5H,9H2,1-2H3;1-3H,(H,9,10)(H,11,12). The fraction of sp³-hybridized carbons (Fsp3) is 0.174. The zero-order valence-corrected chi connectivity index (χ0v) is 19.1. The number of carbonyl (C=O) groups is 2. The molecule has 1 heterocycles. The molecule has 11 heteroatoms. The van der Waals surface area contributed by atoms with Crippen molar-refractivity contribution in [2.24, 2.45) is 0 Å². The predicted octanol–water partition coefficient (Wildman–Crippen LogP) is 3.05. The van der Waals surface area contributed by atoms with Crippen molar-refractivity contribution in [1.29, 1.82) is 0 Å². The van der Waals surface area contributed by atoms with Crippen molar-refractivity contribution in [3.05, 3.63) is 66.0 Å². The van der Waals surface area contributed by atoms with E-state index in [4.69, 9.17) is 40.6 Å². The second-order valence-corrected chi connectivity index (χ2v) is 6.27. The molecule has 0 aliphatic carbocycles. The summed E-state index contributed by atoms with van der Waals surface area (Å²) in [6.45, 7) is 0. The van der Waals surface area contributed by atoms with Crippen molar-refractivity contribution in [2.75, 3.05) is 39.9 Å². The first-order chi connectivity index (χ1) is 16.2. The van der Waals surface area contributed by atoms with Gasteiger partial charge in [0.1, 0.15) is 5.69 Å². The second-order valence-electron chi connectivity index (χ2n) is 6.27. The first kappa shape index (κ1) is 27.4. The fourth-order valence-corrected chi connectivity index (χ4v) is 2.39. The number of benzene rings is 2. The fourth-order valence-electron chi connectivity index (χ4n) is 2.39. The first-order valence-corrected chi connectivity index (χ1v) is 9.54. The molecule has 11 nitrogen and oxygen atoms in total. The van der Waals surface area contributed by atoms with Crippen LogP contribution in [0.15, 0.2) is 54.7 Å². The molecule has 34 heavy (non-hydrogen) atoms. The zero-order chi connectivity index (χ0) is 25.7. The van der Waals surface area contributed by atoms with E-state index in [2.05, 4.69) is 4.98 Å². The van der Waals surface area contributed by atoms with Gasteiger partial charge in [0.15, 0.2) is 23.0 Å². The molecular formula is C23H27N3O8. The summed E-state index contributed by atoms with van der Waals surface area (Å²) < 4.78 is 20.0. The molecule has 6 N–H and O–H groups in total. The number of hydrogen-bond donors (Lipinski definition) is 4. The molecule has 3 aromatic rings. The number of anilines is 2. The Kier molecular flexibility index (Phi) is 11.0. The molecule has 0 saturated heterocycles. The Hall–Kier alpha value is -4.67. The molecule has 0 bridgehead atoms. The van der Waals surface area contributed by atoms with Crippen LogP contribution in [0.3, 0.4) is 0 Å². The maximum atomic E-state index is 10.4. The number of aromatic carboxylic acids is 2. The van der Waals surface area contributed by atoms with Gasteiger partial charge in [-0.3, -0.25) is 0 Å². The van der Waals surface area contributed by atoms with Crippen molar-refractivity contribution in [2.45, 2.75) is 0 Å². The van der Waals surface area contributed by atoms with Crippen LogP contribution in [0.2, 0.25) is 0 Å². The van der Waals surface area contributed by atoms with Gasteiger partial charge in [0.2, 0.25) is 0 Å². The number of rotatable bonds is 6. The van der Waals surface area contributed by atoms with Crippen LogP contribution in [0.1, 0.15) is 20.8 Å². The first-order valence-electron chi connectivity index (χ1n) is 9.54. The highest BCUT2D eigenvalue weighted by Crippen LogP contribution is 2.28. The van der Waals surface area contributed by atoms with Crippen molar-refractivity contribution in [3.63, 3.8) is 0 Å². The van der Waals surface area contributed by atoms with E-state index in [9.17, 15) is 9.59 Å². The zero-order valence-electron chi connectivity index (χ0n) is 19.1. The van der Waals surface area contributed by atoms with Gasteiger partial charge in [0.25, 0.3) is 0 Å². The van der Waals surface area contributed by atoms with Crippen LogP contribution in [0.5, 0.6) is 23.0 Å². The highest BCUT2D eigenvalue weighted by Gasteiger charge is 2.08. The predicted molar refractivity (Wildman–Crippen MR) is 126 cm³/mol. The average Bonchev–Trinajstić information content (AvgIpc) is 2.84. The topological polar surface area (TPSA) is 176 Å². The Morgan fingerprint density at radius 3 is 1.47 bits per heavy atom. The maximum absolute atomic E-state index is 10.4. The largest absolute Gasteiger partial charge is 0.493 e. The Bertz CT molecular complexity index is 1020. The number of nitrogen functional groups attached to an aromatic ring is 2. The number of carboxylic acids is 2. The van der Waals surface area contributed by atoms with E-state index < -0.39 is 11.9 Å². The van der Waals surface area contributed by atoms with Crippen LogP contribution >= 0.6 is 0 Å². The summed E-state index contributed by atoms with van der Waals surface area (Å²) in [5, 5.41) is 16.9. The van der Waals surface area contributed by atoms with Crippen LogP contribution in [0.25, 0.3) is 0 Å². The molecule has 0 spiro atoms. The number of ether oxygens (including phenoxy) is 4. The second kappa shape index (κ2) is 13.7. The third kappa shape index (κ3) is 8.46. The van der Waals surface area contributed by atoms with Gasteiger partial charge in [-0.1, -0.05) is 0 Å². The third-order valence-corrected chi connectivity index (χ3v) is 4.04. The molecule has 182 valence electrons. The van der Waals surface area contributed by atoms with Crippen molar-refractivity contribution >= 4 is 23.3 Å². The van der Waals surface area contributed by atoms with E-state index in [1.807, 2.05) is 0 Å². The van der Waals surface area contributed by atoms with Crippen molar-refractivity contribution in [1.82, 2.24) is 4.98 Å². The SMILES string of the molecule is COc1ccc(N)cc1OC.COc1ccc(N)cc1OC.O=C(O)c1ccnc(C(=O)O)c1. The highest BCUT2D eigenvalue weighted by atomic mass is 16.5. The summed E-state index contributed by atoms with van der Waals surface area (Å²) in [5.74, 6) is 0.307. The van der Waals surface area contributed by atoms with Gasteiger partial charge in [0.05, 0.1) is 34.0 Å². The molecule has 3 rings (SSSR count). The minimum atomic E-state index is -1.24. The number of nitrogens with two attached hydrogens (primary N) is 2. The monoisotopic (exact) mass is 473 g/mol. The molecule has 0 radical (unpaired) electrons. The molecule has 2 aromatic carbocycles. The molecule has 0 amide bonds. The average molecular weight is 473 g/mol. The van der Waals surface area contributed by atoms with Gasteiger partial charge in [-0.15, -0.1) is 0 Å². The number of pyridine rings is 1. The summed E-state index contributed by atoms with van der Waals surface area (Å²) in [6, 6.07) is 12.8. The van der Waals surface area contributed by atoms with Gasteiger partial charge >= 0.3 is 11.9 Å². The molecule has 0 unspecified atom stereocenters. The summed E-state index contributed by atoms with van der Waals surface area (Å²) in [5.41, 5.74) is 12.0. The minimum absolute atomic E-state index is 0.0811. The number of carboxylic acid groups (broad SMARTS) is 2. The summed E-state index contributed by atoms with van der Waals surface area (Å²) in [4.78, 5) is 24.1. The number of aromatic nitrogens is 1. The quantitative estimate of drug-likeness (QED) is 0.387. The Morgan fingerprint density at radius 1 is 0.676 bits per heavy atom. The minimum Gasteiger partial charge on any atom is -0.493 e. The van der Waals surface area contributed by atoms with Gasteiger partial charge in [-0.25, -0.2) is 14.6 Å². The lowest BCUT2D eigenvalue weighted by molar-refractivity contribution is 0.0690.